The molecule has 1 aliphatic rings. The first-order valence-corrected chi connectivity index (χ1v) is 8.54. The highest BCUT2D eigenvalue weighted by Crippen LogP contribution is 2.18. The number of sulfonamides is 1. The molecule has 118 valence electrons. The molecule has 1 heterocycles. The van der Waals surface area contributed by atoms with E-state index in [9.17, 15) is 12.8 Å². The van der Waals surface area contributed by atoms with Crippen molar-refractivity contribution in [2.45, 2.75) is 11.8 Å². The Balaban J connectivity index is 1.93. The maximum atomic E-state index is 13.7. The first-order valence-electron chi connectivity index (χ1n) is 7.06. The maximum absolute atomic E-state index is 13.7. The summed E-state index contributed by atoms with van der Waals surface area (Å²) in [5.74, 6) is -0.706. The van der Waals surface area contributed by atoms with Crippen molar-refractivity contribution in [2.75, 3.05) is 46.3 Å². The summed E-state index contributed by atoms with van der Waals surface area (Å²) in [4.78, 5) is 4.20. The molecule has 2 rings (SSSR count). The number of halogens is 1. The number of piperazine rings is 1. The molecular weight excluding hydrogens is 293 g/mol. The number of nitrogens with one attached hydrogen (secondary N) is 1. The van der Waals surface area contributed by atoms with Gasteiger partial charge in [0.2, 0.25) is 10.0 Å². The molecule has 1 saturated heterocycles. The standard InChI is InChI=1S/C14H22FN3O2S/c1-12-4-3-5-13(15)14(12)21(19,20)16-6-7-18-10-8-17(2)9-11-18/h3-5,16H,6-11H2,1-2H3. The van der Waals surface area contributed by atoms with Gasteiger partial charge in [-0.15, -0.1) is 0 Å². The van der Waals surface area contributed by atoms with E-state index in [1.165, 1.54) is 12.1 Å². The minimum Gasteiger partial charge on any atom is -0.304 e. The third-order valence-corrected chi connectivity index (χ3v) is 5.39. The molecule has 1 aliphatic heterocycles. The van der Waals surface area contributed by atoms with E-state index in [0.29, 0.717) is 18.7 Å². The van der Waals surface area contributed by atoms with E-state index in [0.717, 1.165) is 26.2 Å². The quantitative estimate of drug-likeness (QED) is 0.867. The summed E-state index contributed by atoms with van der Waals surface area (Å²) in [6.45, 7) is 6.35. The highest BCUT2D eigenvalue weighted by Gasteiger charge is 2.21. The van der Waals surface area contributed by atoms with Gasteiger partial charge in [0.05, 0.1) is 0 Å². The van der Waals surface area contributed by atoms with E-state index < -0.39 is 15.8 Å². The minimum absolute atomic E-state index is 0.247. The Kier molecular flexibility index (Phi) is 5.32. The summed E-state index contributed by atoms with van der Waals surface area (Å²) in [7, 11) is -1.72. The fraction of sp³-hybridized carbons (Fsp3) is 0.571. The number of rotatable bonds is 5. The van der Waals surface area contributed by atoms with Gasteiger partial charge in [0.1, 0.15) is 10.7 Å². The van der Waals surface area contributed by atoms with Crippen LogP contribution in [0.5, 0.6) is 0 Å². The Morgan fingerprint density at radius 2 is 1.90 bits per heavy atom. The lowest BCUT2D eigenvalue weighted by atomic mass is 10.2. The smallest absolute Gasteiger partial charge is 0.243 e. The number of hydrogen-bond donors (Lipinski definition) is 1. The van der Waals surface area contributed by atoms with Crippen LogP contribution in [0.1, 0.15) is 5.56 Å². The molecule has 1 fully saturated rings. The SMILES string of the molecule is Cc1cccc(F)c1S(=O)(=O)NCCN1CCN(C)CC1. The molecular formula is C14H22FN3O2S. The summed E-state index contributed by atoms with van der Waals surface area (Å²) in [6, 6.07) is 4.27. The Morgan fingerprint density at radius 3 is 2.52 bits per heavy atom. The fourth-order valence-corrected chi connectivity index (χ4v) is 3.76. The molecule has 0 aromatic heterocycles. The molecule has 0 unspecified atom stereocenters. The van der Waals surface area contributed by atoms with Gasteiger partial charge in [-0.1, -0.05) is 12.1 Å². The molecule has 5 nitrogen and oxygen atoms in total. The number of hydrogen-bond acceptors (Lipinski definition) is 4. The van der Waals surface area contributed by atoms with Gasteiger partial charge in [-0.2, -0.15) is 0 Å². The zero-order chi connectivity index (χ0) is 15.5. The lowest BCUT2D eigenvalue weighted by molar-refractivity contribution is 0.156. The van der Waals surface area contributed by atoms with Crippen molar-refractivity contribution < 1.29 is 12.8 Å². The molecule has 1 N–H and O–H groups in total. The minimum atomic E-state index is -3.80. The van der Waals surface area contributed by atoms with Gasteiger partial charge in [-0.3, -0.25) is 4.90 Å². The first-order chi connectivity index (χ1) is 9.90. The second kappa shape index (κ2) is 6.83. The molecule has 21 heavy (non-hydrogen) atoms. The Labute approximate surface area is 125 Å². The molecule has 0 aliphatic carbocycles. The van der Waals surface area contributed by atoms with Gasteiger partial charge in [0, 0.05) is 39.3 Å². The molecule has 0 atom stereocenters. The van der Waals surface area contributed by atoms with E-state index >= 15 is 0 Å². The molecule has 1 aromatic rings. The first kappa shape index (κ1) is 16.4. The van der Waals surface area contributed by atoms with E-state index in [-0.39, 0.29) is 4.90 Å². The van der Waals surface area contributed by atoms with Crippen LogP contribution in [0.25, 0.3) is 0 Å². The van der Waals surface area contributed by atoms with Crippen molar-refractivity contribution in [1.82, 2.24) is 14.5 Å². The van der Waals surface area contributed by atoms with Gasteiger partial charge in [0.15, 0.2) is 0 Å². The van der Waals surface area contributed by atoms with Crippen LogP contribution in [0.4, 0.5) is 4.39 Å². The van der Waals surface area contributed by atoms with Crippen molar-refractivity contribution in [3.63, 3.8) is 0 Å². The second-order valence-electron chi connectivity index (χ2n) is 5.43. The molecule has 1 aromatic carbocycles. The highest BCUT2D eigenvalue weighted by atomic mass is 32.2. The molecule has 7 heteroatoms. The van der Waals surface area contributed by atoms with Crippen LogP contribution in [0.2, 0.25) is 0 Å². The van der Waals surface area contributed by atoms with Crippen LogP contribution in [0, 0.1) is 12.7 Å². The van der Waals surface area contributed by atoms with Crippen LogP contribution >= 0.6 is 0 Å². The summed E-state index contributed by atoms with van der Waals surface area (Å²) >= 11 is 0. The van der Waals surface area contributed by atoms with Gasteiger partial charge >= 0.3 is 0 Å². The van der Waals surface area contributed by atoms with Crippen molar-refractivity contribution in [1.29, 1.82) is 0 Å². The number of benzene rings is 1. The van der Waals surface area contributed by atoms with Gasteiger partial charge in [0.25, 0.3) is 0 Å². The monoisotopic (exact) mass is 315 g/mol. The van der Waals surface area contributed by atoms with Gasteiger partial charge in [-0.05, 0) is 25.6 Å². The lowest BCUT2D eigenvalue weighted by Crippen LogP contribution is -2.46. The predicted octanol–water partition coefficient (Wildman–Crippen LogP) is 0.660. The normalized spacial score (nSPS) is 18.0. The van der Waals surface area contributed by atoms with Crippen molar-refractivity contribution >= 4 is 10.0 Å². The van der Waals surface area contributed by atoms with Crippen molar-refractivity contribution in [3.05, 3.63) is 29.6 Å². The number of nitrogens with zero attached hydrogens (tertiary/aromatic N) is 2. The molecule has 0 bridgehead atoms. The van der Waals surface area contributed by atoms with Crippen LogP contribution < -0.4 is 4.72 Å². The predicted molar refractivity (Wildman–Crippen MR) is 80.3 cm³/mol. The summed E-state index contributed by atoms with van der Waals surface area (Å²) in [5.41, 5.74) is 0.419. The van der Waals surface area contributed by atoms with E-state index in [2.05, 4.69) is 21.6 Å². The molecule has 0 radical (unpaired) electrons. The summed E-state index contributed by atoms with van der Waals surface area (Å²) < 4.78 is 40.6. The number of aryl methyl sites for hydroxylation is 1. The Bertz CT molecular complexity index is 564. The Hall–Kier alpha value is -1.02. The highest BCUT2D eigenvalue weighted by molar-refractivity contribution is 7.89. The summed E-state index contributed by atoms with van der Waals surface area (Å²) in [5, 5.41) is 0. The van der Waals surface area contributed by atoms with Crippen LogP contribution in [-0.4, -0.2) is 64.5 Å². The average molecular weight is 315 g/mol. The molecule has 0 spiro atoms. The van der Waals surface area contributed by atoms with Crippen molar-refractivity contribution in [3.8, 4) is 0 Å². The number of likely N-dealkylation sites (N-methyl/N-ethyl adjacent to an activating group) is 1. The average Bonchev–Trinajstić information content (AvgIpc) is 2.40. The largest absolute Gasteiger partial charge is 0.304 e. The Morgan fingerprint density at radius 1 is 1.24 bits per heavy atom. The van der Waals surface area contributed by atoms with Gasteiger partial charge in [-0.25, -0.2) is 17.5 Å². The van der Waals surface area contributed by atoms with Crippen LogP contribution in [-0.2, 0) is 10.0 Å². The third kappa shape index (κ3) is 4.23. The topological polar surface area (TPSA) is 52.7 Å². The zero-order valence-electron chi connectivity index (χ0n) is 12.5. The van der Waals surface area contributed by atoms with E-state index in [4.69, 9.17) is 0 Å². The lowest BCUT2D eigenvalue weighted by Gasteiger charge is -2.32. The zero-order valence-corrected chi connectivity index (χ0v) is 13.3. The maximum Gasteiger partial charge on any atom is 0.243 e. The summed E-state index contributed by atoms with van der Waals surface area (Å²) in [6.07, 6.45) is 0. The van der Waals surface area contributed by atoms with Gasteiger partial charge < -0.3 is 4.90 Å². The van der Waals surface area contributed by atoms with Crippen LogP contribution in [0.3, 0.4) is 0 Å². The van der Waals surface area contributed by atoms with E-state index in [1.54, 1.807) is 13.0 Å². The third-order valence-electron chi connectivity index (χ3n) is 3.75. The fourth-order valence-electron chi connectivity index (χ4n) is 2.44. The molecule has 0 saturated carbocycles. The van der Waals surface area contributed by atoms with E-state index in [1.807, 2.05) is 0 Å². The van der Waals surface area contributed by atoms with Crippen LogP contribution in [0.15, 0.2) is 23.1 Å². The van der Waals surface area contributed by atoms with Crippen molar-refractivity contribution in [2.24, 2.45) is 0 Å². The molecule has 0 amide bonds. The second-order valence-corrected chi connectivity index (χ2v) is 7.13.